The molecule has 0 spiro atoms. The molecule has 0 radical (unpaired) electrons. The van der Waals surface area contributed by atoms with Crippen LogP contribution in [0.2, 0.25) is 0 Å². The Bertz CT molecular complexity index is 565. The van der Waals surface area contributed by atoms with Crippen LogP contribution in [0, 0.1) is 5.41 Å². The van der Waals surface area contributed by atoms with E-state index in [9.17, 15) is 4.79 Å². The van der Waals surface area contributed by atoms with Gasteiger partial charge in [0, 0.05) is 46.8 Å². The molecule has 0 unspecified atom stereocenters. The molecule has 0 saturated heterocycles. The monoisotopic (exact) mass is 364 g/mol. The van der Waals surface area contributed by atoms with Crippen LogP contribution in [0.15, 0.2) is 27.8 Å². The summed E-state index contributed by atoms with van der Waals surface area (Å²) in [6.45, 7) is 5.26. The number of amides is 1. The summed E-state index contributed by atoms with van der Waals surface area (Å²) in [4.78, 5) is 17.8. The number of aliphatic imine (C=N–C) groups is 1. The van der Waals surface area contributed by atoms with Crippen LogP contribution in [0.5, 0.6) is 0 Å². The zero-order chi connectivity index (χ0) is 18.8. The second kappa shape index (κ2) is 10.2. The second-order valence-electron chi connectivity index (χ2n) is 7.01. The van der Waals surface area contributed by atoms with Gasteiger partial charge in [-0.3, -0.25) is 4.79 Å². The highest BCUT2D eigenvalue weighted by atomic mass is 16.5. The van der Waals surface area contributed by atoms with Crippen molar-refractivity contribution in [1.82, 2.24) is 15.5 Å². The van der Waals surface area contributed by atoms with Gasteiger partial charge in [-0.1, -0.05) is 0 Å². The molecule has 2 N–H and O–H groups in total. The highest BCUT2D eigenvalue weighted by Crippen LogP contribution is 2.48. The first kappa shape index (κ1) is 20.3. The Kier molecular flexibility index (Phi) is 7.97. The largest absolute Gasteiger partial charge is 0.469 e. The molecule has 1 heterocycles. The van der Waals surface area contributed by atoms with Gasteiger partial charge in [0.2, 0.25) is 5.91 Å². The highest BCUT2D eigenvalue weighted by Gasteiger charge is 2.41. The molecule has 146 valence electrons. The zero-order valence-corrected chi connectivity index (χ0v) is 16.2. The van der Waals surface area contributed by atoms with Gasteiger partial charge in [-0.2, -0.15) is 0 Å². The van der Waals surface area contributed by atoms with Crippen molar-refractivity contribution in [3.05, 3.63) is 24.2 Å². The van der Waals surface area contributed by atoms with E-state index in [1.54, 1.807) is 25.3 Å². The zero-order valence-electron chi connectivity index (χ0n) is 16.2. The third-order valence-corrected chi connectivity index (χ3v) is 4.68. The van der Waals surface area contributed by atoms with Crippen LogP contribution >= 0.6 is 0 Å². The summed E-state index contributed by atoms with van der Waals surface area (Å²) in [5, 5.41) is 6.70. The van der Waals surface area contributed by atoms with E-state index in [0.717, 1.165) is 38.4 Å². The topological polar surface area (TPSA) is 79.1 Å². The quantitative estimate of drug-likeness (QED) is 0.355. The van der Waals surface area contributed by atoms with Gasteiger partial charge in [-0.05, 0) is 43.7 Å². The fraction of sp³-hybridized carbons (Fsp3) is 0.684. The molecule has 1 amide bonds. The summed E-state index contributed by atoms with van der Waals surface area (Å²) in [7, 11) is 3.48. The van der Waals surface area contributed by atoms with E-state index in [0.29, 0.717) is 17.9 Å². The molecule has 0 atom stereocenters. The molecule has 7 heteroatoms. The molecule has 1 aliphatic carbocycles. The lowest BCUT2D eigenvalue weighted by Gasteiger charge is -2.19. The van der Waals surface area contributed by atoms with Gasteiger partial charge in [0.15, 0.2) is 5.96 Å². The van der Waals surface area contributed by atoms with Gasteiger partial charge in [0.1, 0.15) is 12.3 Å². The smallest absolute Gasteiger partial charge is 0.243 e. The minimum Gasteiger partial charge on any atom is -0.469 e. The normalized spacial score (nSPS) is 15.6. The Morgan fingerprint density at radius 3 is 2.81 bits per heavy atom. The summed E-state index contributed by atoms with van der Waals surface area (Å²) in [6, 6.07) is 3.84. The average Bonchev–Trinajstić information content (AvgIpc) is 3.19. The van der Waals surface area contributed by atoms with Crippen LogP contribution < -0.4 is 10.6 Å². The third-order valence-electron chi connectivity index (χ3n) is 4.68. The first-order chi connectivity index (χ1) is 12.5. The van der Waals surface area contributed by atoms with E-state index in [2.05, 4.69) is 15.6 Å². The average molecular weight is 364 g/mol. The lowest BCUT2D eigenvalue weighted by molar-refractivity contribution is -0.127. The summed E-state index contributed by atoms with van der Waals surface area (Å²) >= 11 is 0. The molecule has 0 aliphatic heterocycles. The Morgan fingerprint density at radius 2 is 2.19 bits per heavy atom. The third kappa shape index (κ3) is 7.07. The molecule has 0 bridgehead atoms. The number of hydrogen-bond acceptors (Lipinski definition) is 4. The van der Waals surface area contributed by atoms with Crippen molar-refractivity contribution in [3.63, 3.8) is 0 Å². The fourth-order valence-electron chi connectivity index (χ4n) is 2.62. The molecule has 1 aromatic rings. The van der Waals surface area contributed by atoms with Crippen molar-refractivity contribution >= 4 is 11.9 Å². The van der Waals surface area contributed by atoms with Crippen LogP contribution in [0.25, 0.3) is 0 Å². The first-order valence-electron chi connectivity index (χ1n) is 9.37. The molecular weight excluding hydrogens is 332 g/mol. The van der Waals surface area contributed by atoms with Crippen molar-refractivity contribution in [2.75, 3.05) is 46.9 Å². The number of ether oxygens (including phenoxy) is 1. The van der Waals surface area contributed by atoms with Crippen molar-refractivity contribution in [3.8, 4) is 0 Å². The number of guanidine groups is 1. The number of carbonyl (C=O) groups excluding carboxylic acids is 1. The maximum atomic E-state index is 11.8. The van der Waals surface area contributed by atoms with Crippen molar-refractivity contribution in [1.29, 1.82) is 0 Å². The van der Waals surface area contributed by atoms with Crippen LogP contribution in [-0.2, 0) is 16.0 Å². The van der Waals surface area contributed by atoms with Gasteiger partial charge < -0.3 is 24.7 Å². The highest BCUT2D eigenvalue weighted by molar-refractivity contribution is 5.84. The number of carbonyl (C=O) groups is 1. The fourth-order valence-corrected chi connectivity index (χ4v) is 2.62. The molecule has 26 heavy (non-hydrogen) atoms. The van der Waals surface area contributed by atoms with Crippen molar-refractivity contribution in [2.24, 2.45) is 10.4 Å². The molecule has 1 fully saturated rings. The second-order valence-corrected chi connectivity index (χ2v) is 7.01. The molecule has 7 nitrogen and oxygen atoms in total. The van der Waals surface area contributed by atoms with Gasteiger partial charge in [-0.15, -0.1) is 0 Å². The molecule has 1 aliphatic rings. The van der Waals surface area contributed by atoms with Gasteiger partial charge >= 0.3 is 0 Å². The number of rotatable bonds is 11. The summed E-state index contributed by atoms with van der Waals surface area (Å²) in [5.74, 6) is 1.58. The molecule has 0 aromatic carbocycles. The van der Waals surface area contributed by atoms with E-state index >= 15 is 0 Å². The Balaban J connectivity index is 1.83. The molecule has 2 rings (SSSR count). The van der Waals surface area contributed by atoms with Crippen LogP contribution in [0.1, 0.15) is 31.9 Å². The Labute approximate surface area is 156 Å². The Morgan fingerprint density at radius 1 is 1.38 bits per heavy atom. The number of likely N-dealkylation sites (N-methyl/N-ethyl adjacent to an activating group) is 1. The SMILES string of the molecule is CCOCCC1(CNC(=NCC(=O)N(C)C)NCCc2ccco2)CC1. The minimum atomic E-state index is -0.0189. The van der Waals surface area contributed by atoms with Crippen LogP contribution in [-0.4, -0.2) is 63.7 Å². The van der Waals surface area contributed by atoms with E-state index in [-0.39, 0.29) is 12.5 Å². The number of nitrogens with one attached hydrogen (secondary N) is 2. The maximum Gasteiger partial charge on any atom is 0.243 e. The van der Waals surface area contributed by atoms with Crippen molar-refractivity contribution < 1.29 is 13.9 Å². The van der Waals surface area contributed by atoms with Crippen LogP contribution in [0.4, 0.5) is 0 Å². The predicted octanol–water partition coefficient (Wildman–Crippen LogP) is 1.65. The standard InChI is InChI=1S/C19H32N4O3/c1-4-25-13-10-19(8-9-19)15-22-18(21-14-17(24)23(2)3)20-11-7-16-6-5-12-26-16/h5-6,12H,4,7-11,13-15H2,1-3H3,(H2,20,21,22). The van der Waals surface area contributed by atoms with E-state index in [1.165, 1.54) is 12.8 Å². The van der Waals surface area contributed by atoms with E-state index in [1.807, 2.05) is 19.1 Å². The summed E-state index contributed by atoms with van der Waals surface area (Å²) < 4.78 is 10.8. The van der Waals surface area contributed by atoms with E-state index in [4.69, 9.17) is 9.15 Å². The molecule has 1 saturated carbocycles. The first-order valence-corrected chi connectivity index (χ1v) is 9.37. The number of hydrogen-bond donors (Lipinski definition) is 2. The number of nitrogens with zero attached hydrogens (tertiary/aromatic N) is 2. The lowest BCUT2D eigenvalue weighted by atomic mass is 10.0. The van der Waals surface area contributed by atoms with Gasteiger partial charge in [-0.25, -0.2) is 4.99 Å². The molecular formula is C19H32N4O3. The van der Waals surface area contributed by atoms with Gasteiger partial charge in [0.25, 0.3) is 0 Å². The van der Waals surface area contributed by atoms with Crippen molar-refractivity contribution in [2.45, 2.75) is 32.6 Å². The molecule has 1 aromatic heterocycles. The summed E-state index contributed by atoms with van der Waals surface area (Å²) in [6.07, 6.45) is 5.93. The minimum absolute atomic E-state index is 0.0189. The predicted molar refractivity (Wildman–Crippen MR) is 102 cm³/mol. The number of furan rings is 1. The van der Waals surface area contributed by atoms with Crippen LogP contribution in [0.3, 0.4) is 0 Å². The lowest BCUT2D eigenvalue weighted by Crippen LogP contribution is -2.42. The summed E-state index contributed by atoms with van der Waals surface area (Å²) in [5.41, 5.74) is 0.310. The Hall–Kier alpha value is -2.02. The van der Waals surface area contributed by atoms with E-state index < -0.39 is 0 Å². The maximum absolute atomic E-state index is 11.8. The van der Waals surface area contributed by atoms with Gasteiger partial charge in [0.05, 0.1) is 6.26 Å².